The third kappa shape index (κ3) is 11.0. The van der Waals surface area contributed by atoms with Crippen LogP contribution in [0.4, 0.5) is 17.1 Å². The van der Waals surface area contributed by atoms with Crippen LogP contribution in [0, 0.1) is 0 Å². The number of aromatic hydroxyl groups is 1. The molecule has 48 heavy (non-hydrogen) atoms. The number of esters is 3. The van der Waals surface area contributed by atoms with Crippen LogP contribution in [0.15, 0.2) is 66.7 Å². The van der Waals surface area contributed by atoms with Gasteiger partial charge in [0.15, 0.2) is 5.75 Å². The maximum atomic E-state index is 12.5. The molecule has 0 aliphatic rings. The summed E-state index contributed by atoms with van der Waals surface area (Å²) in [5.41, 5.74) is 3.46. The fourth-order valence-corrected chi connectivity index (χ4v) is 5.43. The summed E-state index contributed by atoms with van der Waals surface area (Å²) in [5.74, 6) is -1.69. The Bertz CT molecular complexity index is 1420. The van der Waals surface area contributed by atoms with Crippen molar-refractivity contribution < 1.29 is 29.0 Å². The van der Waals surface area contributed by atoms with Crippen LogP contribution in [0.25, 0.3) is 0 Å². The lowest BCUT2D eigenvalue weighted by Crippen LogP contribution is -2.28. The molecule has 0 fully saturated rings. The summed E-state index contributed by atoms with van der Waals surface area (Å²) >= 11 is 0. The highest BCUT2D eigenvalue weighted by Gasteiger charge is 2.24. The van der Waals surface area contributed by atoms with Crippen molar-refractivity contribution in [3.8, 4) is 5.75 Å². The summed E-state index contributed by atoms with van der Waals surface area (Å²) in [7, 11) is 0. The number of phenols is 1. The van der Waals surface area contributed by atoms with Crippen molar-refractivity contribution in [2.75, 3.05) is 60.6 Å². The monoisotopic (exact) mass is 661 g/mol. The van der Waals surface area contributed by atoms with E-state index in [1.54, 1.807) is 48.5 Å². The Balaban J connectivity index is 0.000000338. The van der Waals surface area contributed by atoms with Crippen LogP contribution in [-0.4, -0.2) is 68.9 Å². The molecule has 0 aromatic heterocycles. The summed E-state index contributed by atoms with van der Waals surface area (Å²) in [6.07, 6.45) is 4.21. The van der Waals surface area contributed by atoms with E-state index in [1.807, 2.05) is 50.8 Å². The average molecular weight is 662 g/mol. The Morgan fingerprint density at radius 2 is 1.12 bits per heavy atom. The minimum atomic E-state index is -0.639. The van der Waals surface area contributed by atoms with Crippen LogP contribution in [-0.2, 0) is 9.47 Å². The number of nitrogens with zero attached hydrogens (tertiary/aromatic N) is 3. The van der Waals surface area contributed by atoms with E-state index in [4.69, 9.17) is 9.47 Å². The largest absolute Gasteiger partial charge is 0.505 e. The van der Waals surface area contributed by atoms with Gasteiger partial charge in [-0.1, -0.05) is 56.5 Å². The topological polar surface area (TPSA) is 99.6 Å². The number of phenolic OH excluding ortho intramolecular Hbond substituents is 1. The third-order valence-corrected chi connectivity index (χ3v) is 8.19. The van der Waals surface area contributed by atoms with Gasteiger partial charge in [-0.2, -0.15) is 0 Å². The number of anilines is 3. The molecule has 0 unspecified atom stereocenters. The molecule has 0 saturated heterocycles. The lowest BCUT2D eigenvalue weighted by atomic mass is 10.1. The molecular formula is C39H55N3O6. The van der Waals surface area contributed by atoms with E-state index in [2.05, 4.69) is 30.6 Å². The number of hydrogen-bond donors (Lipinski definition) is 1. The second kappa shape index (κ2) is 21.4. The molecule has 3 rings (SSSR count). The van der Waals surface area contributed by atoms with Crippen molar-refractivity contribution in [1.29, 1.82) is 0 Å². The molecule has 0 aliphatic heterocycles. The molecule has 3 aromatic rings. The molecule has 0 aliphatic carbocycles. The predicted molar refractivity (Wildman–Crippen MR) is 196 cm³/mol. The Morgan fingerprint density at radius 1 is 0.562 bits per heavy atom. The van der Waals surface area contributed by atoms with Gasteiger partial charge in [0.1, 0.15) is 11.3 Å². The number of hydrogen-bond acceptors (Lipinski definition) is 9. The third-order valence-electron chi connectivity index (χ3n) is 8.19. The van der Waals surface area contributed by atoms with E-state index < -0.39 is 17.9 Å². The summed E-state index contributed by atoms with van der Waals surface area (Å²) in [6, 6.07) is 19.3. The highest BCUT2D eigenvalue weighted by molar-refractivity contribution is 6.05. The zero-order valence-electron chi connectivity index (χ0n) is 30.0. The van der Waals surface area contributed by atoms with Crippen molar-refractivity contribution in [2.24, 2.45) is 0 Å². The number of rotatable bonds is 17. The van der Waals surface area contributed by atoms with Gasteiger partial charge in [-0.25, -0.2) is 14.4 Å². The van der Waals surface area contributed by atoms with Gasteiger partial charge >= 0.3 is 17.9 Å². The second-order valence-electron chi connectivity index (χ2n) is 11.1. The van der Waals surface area contributed by atoms with Crippen LogP contribution in [0.1, 0.15) is 105 Å². The van der Waals surface area contributed by atoms with E-state index in [-0.39, 0.29) is 11.3 Å². The van der Waals surface area contributed by atoms with Crippen molar-refractivity contribution >= 4 is 35.0 Å². The molecule has 0 bridgehead atoms. The molecule has 9 nitrogen and oxygen atoms in total. The van der Waals surface area contributed by atoms with E-state index in [1.165, 1.54) is 0 Å². The van der Waals surface area contributed by atoms with Crippen molar-refractivity contribution in [3.63, 3.8) is 0 Å². The van der Waals surface area contributed by atoms with Gasteiger partial charge in [-0.15, -0.1) is 0 Å². The minimum absolute atomic E-state index is 0.0247. The Morgan fingerprint density at radius 3 is 1.71 bits per heavy atom. The van der Waals surface area contributed by atoms with Gasteiger partial charge in [0.05, 0.1) is 29.1 Å². The van der Waals surface area contributed by atoms with Gasteiger partial charge in [0.25, 0.3) is 0 Å². The van der Waals surface area contributed by atoms with Crippen molar-refractivity contribution in [3.05, 3.63) is 83.4 Å². The summed E-state index contributed by atoms with van der Waals surface area (Å²) < 4.78 is 10.4. The fraction of sp³-hybridized carbons (Fsp3) is 0.462. The molecule has 9 heteroatoms. The van der Waals surface area contributed by atoms with Crippen LogP contribution in [0.5, 0.6) is 5.75 Å². The molecule has 262 valence electrons. The number of ether oxygens (including phenoxy) is 2. The molecular weight excluding hydrogens is 606 g/mol. The molecule has 0 spiro atoms. The second-order valence-corrected chi connectivity index (χ2v) is 11.1. The van der Waals surface area contributed by atoms with Gasteiger partial charge in [0.2, 0.25) is 0 Å². The van der Waals surface area contributed by atoms with E-state index in [0.717, 1.165) is 82.0 Å². The van der Waals surface area contributed by atoms with E-state index in [9.17, 15) is 19.5 Å². The first-order valence-corrected chi connectivity index (χ1v) is 17.4. The smallest absolute Gasteiger partial charge is 0.348 e. The maximum absolute atomic E-state index is 12.5. The van der Waals surface area contributed by atoms with Crippen LogP contribution < -0.4 is 14.7 Å². The first kappa shape index (κ1) is 39.6. The molecule has 0 saturated carbocycles. The molecule has 1 N–H and O–H groups in total. The summed E-state index contributed by atoms with van der Waals surface area (Å²) in [5, 5.41) is 10.9. The van der Waals surface area contributed by atoms with Crippen LogP contribution >= 0.6 is 0 Å². The van der Waals surface area contributed by atoms with E-state index in [0.29, 0.717) is 17.7 Å². The fourth-order valence-electron chi connectivity index (χ4n) is 5.43. The quantitative estimate of drug-likeness (QED) is 0.0869. The summed E-state index contributed by atoms with van der Waals surface area (Å²) in [6.45, 7) is 19.6. The Kier molecular flexibility index (Phi) is 17.6. The zero-order valence-corrected chi connectivity index (χ0v) is 30.0. The Hall–Kier alpha value is -4.53. The number of unbranched alkanes of at least 4 members (excludes halogenated alkanes) is 3. The summed E-state index contributed by atoms with van der Waals surface area (Å²) in [4.78, 5) is 43.1. The van der Waals surface area contributed by atoms with E-state index >= 15 is 0 Å². The van der Waals surface area contributed by atoms with Crippen molar-refractivity contribution in [1.82, 2.24) is 0 Å². The number of carbonyl (C=O) groups is 3. The zero-order chi connectivity index (χ0) is 35.5. The van der Waals surface area contributed by atoms with Crippen LogP contribution in [0.2, 0.25) is 0 Å². The van der Waals surface area contributed by atoms with Gasteiger partial charge in [0, 0.05) is 39.3 Å². The molecule has 0 radical (unpaired) electrons. The minimum Gasteiger partial charge on any atom is -0.505 e. The first-order valence-electron chi connectivity index (χ1n) is 17.4. The highest BCUT2D eigenvalue weighted by atomic mass is 16.6. The molecule has 3 aromatic carbocycles. The van der Waals surface area contributed by atoms with Gasteiger partial charge in [-0.3, -0.25) is 0 Å². The van der Waals surface area contributed by atoms with Crippen molar-refractivity contribution in [2.45, 2.75) is 74.1 Å². The van der Waals surface area contributed by atoms with Crippen LogP contribution in [0.3, 0.4) is 0 Å². The standard InChI is InChI=1S/C21H36N2O3.C18H19NO3/c1-6-11-12-13-16-26-21(25)17-14-15-18(22(7-2)8-3)19(20(17)24)23(9-4)10-5;1-3-19(4-2)16-13-9-8-12-15(16)18(21)22-17(20)14-10-6-5-7-11-14/h14-15,24H,6-13,16H2,1-5H3;5-13H,3-4H2,1-2H3. The normalized spacial score (nSPS) is 10.4. The molecule has 0 heterocycles. The highest BCUT2D eigenvalue weighted by Crippen LogP contribution is 2.40. The van der Waals surface area contributed by atoms with Gasteiger partial charge < -0.3 is 29.3 Å². The predicted octanol–water partition coefficient (Wildman–Crippen LogP) is 8.35. The first-order chi connectivity index (χ1) is 23.2. The average Bonchev–Trinajstić information content (AvgIpc) is 3.11. The molecule has 0 amide bonds. The SMILES string of the molecule is CCCCCCOC(=O)c1ccc(N(CC)CC)c(N(CC)CC)c1O.CCN(CC)c1ccccc1C(=O)OC(=O)c1ccccc1. The maximum Gasteiger partial charge on any atom is 0.348 e. The lowest BCUT2D eigenvalue weighted by molar-refractivity contribution is 0.0396. The lowest BCUT2D eigenvalue weighted by Gasteiger charge is -2.31. The Labute approximate surface area is 287 Å². The number of para-hydroxylation sites is 1. The number of benzene rings is 3. The molecule has 0 atom stereocenters. The van der Waals surface area contributed by atoms with Gasteiger partial charge in [-0.05, 0) is 84.4 Å². The number of carbonyl (C=O) groups excluding carboxylic acids is 3.